The molecule has 0 saturated carbocycles. The van der Waals surface area contributed by atoms with Crippen molar-refractivity contribution in [3.8, 4) is 17.2 Å². The zero-order chi connectivity index (χ0) is 34.0. The summed E-state index contributed by atoms with van der Waals surface area (Å²) in [4.78, 5) is 21.2. The van der Waals surface area contributed by atoms with Crippen LogP contribution in [0, 0.1) is 21.7 Å². The van der Waals surface area contributed by atoms with Crippen LogP contribution in [0.1, 0.15) is 12.5 Å². The molecule has 5 rings (SSSR count). The molecule has 0 spiro atoms. The summed E-state index contributed by atoms with van der Waals surface area (Å²) < 4.78 is 39.6. The number of aliphatic imine (C=N–C) groups is 1. The van der Waals surface area contributed by atoms with Crippen LogP contribution in [-0.2, 0) is 6.54 Å². The quantitative estimate of drug-likeness (QED) is 0.0390. The van der Waals surface area contributed by atoms with Gasteiger partial charge in [0.05, 0.1) is 23.1 Å². The lowest BCUT2D eigenvalue weighted by molar-refractivity contribution is -0.385. The third-order valence-corrected chi connectivity index (χ3v) is 8.95. The predicted octanol–water partition coefficient (Wildman–Crippen LogP) is 8.43. The van der Waals surface area contributed by atoms with Crippen LogP contribution < -0.4 is 19.7 Å². The highest BCUT2D eigenvalue weighted by molar-refractivity contribution is 7.99. The van der Waals surface area contributed by atoms with E-state index in [0.717, 1.165) is 16.3 Å². The second-order valence-electron chi connectivity index (χ2n) is 10.6. The van der Waals surface area contributed by atoms with Crippen LogP contribution >= 0.6 is 35.0 Å². The number of thioether (sulfide) groups is 1. The molecule has 0 unspecified atom stereocenters. The van der Waals surface area contributed by atoms with Gasteiger partial charge < -0.3 is 24.6 Å². The first kappa shape index (κ1) is 35.1. The molecule has 4 aromatic carbocycles. The fourth-order valence-electron chi connectivity index (χ4n) is 5.03. The average molecular weight is 717 g/mol. The van der Waals surface area contributed by atoms with Gasteiger partial charge in [-0.25, -0.2) is 13.8 Å². The number of rotatable bonds is 12. The number of piperazine rings is 1. The maximum absolute atomic E-state index is 14.4. The number of nitro groups is 1. The minimum absolute atomic E-state index is 0.0717. The number of guanidine groups is 1. The topological polar surface area (TPSA) is 92.5 Å². The van der Waals surface area contributed by atoms with Crippen LogP contribution in [0.5, 0.6) is 17.2 Å². The second-order valence-corrected chi connectivity index (χ2v) is 12.6. The van der Waals surface area contributed by atoms with Gasteiger partial charge in [0.25, 0.3) is 0 Å². The summed E-state index contributed by atoms with van der Waals surface area (Å²) in [6.45, 7) is 5.29. The third-order valence-electron chi connectivity index (χ3n) is 7.39. The molecule has 0 radical (unpaired) electrons. The molecule has 48 heavy (non-hydrogen) atoms. The van der Waals surface area contributed by atoms with Gasteiger partial charge in [-0.2, -0.15) is 0 Å². The van der Waals surface area contributed by atoms with Gasteiger partial charge in [-0.05, 0) is 67.6 Å². The molecule has 0 atom stereocenters. The van der Waals surface area contributed by atoms with Crippen LogP contribution in [0.15, 0.2) is 88.8 Å². The largest absolute Gasteiger partial charge is 0.487 e. The van der Waals surface area contributed by atoms with Gasteiger partial charge in [-0.15, -0.1) is 11.8 Å². The van der Waals surface area contributed by atoms with Crippen molar-refractivity contribution in [2.45, 2.75) is 18.4 Å². The van der Waals surface area contributed by atoms with Crippen molar-refractivity contribution in [1.29, 1.82) is 0 Å². The van der Waals surface area contributed by atoms with Gasteiger partial charge in [0.15, 0.2) is 11.7 Å². The first-order valence-electron chi connectivity index (χ1n) is 15.2. The van der Waals surface area contributed by atoms with Crippen molar-refractivity contribution in [2.75, 3.05) is 50.0 Å². The molecule has 0 aliphatic carbocycles. The monoisotopic (exact) mass is 715 g/mol. The van der Waals surface area contributed by atoms with E-state index in [9.17, 15) is 18.9 Å². The first-order chi connectivity index (χ1) is 23.2. The van der Waals surface area contributed by atoms with Crippen molar-refractivity contribution in [3.63, 3.8) is 0 Å². The molecule has 1 saturated heterocycles. The Balaban J connectivity index is 1.31. The Bertz CT molecular complexity index is 1760. The van der Waals surface area contributed by atoms with E-state index < -0.39 is 16.6 Å². The lowest BCUT2D eigenvalue weighted by Gasteiger charge is -2.38. The molecule has 1 aliphatic heterocycles. The number of anilines is 1. The van der Waals surface area contributed by atoms with Crippen molar-refractivity contribution in [1.82, 2.24) is 10.2 Å². The number of hydrogen-bond donors (Lipinski definition) is 1. The molecule has 1 fully saturated rings. The third kappa shape index (κ3) is 9.42. The van der Waals surface area contributed by atoms with Crippen LogP contribution in [0.2, 0.25) is 10.0 Å². The molecular formula is C34H33Cl2F2N5O4S. The molecule has 1 heterocycles. The lowest BCUT2D eigenvalue weighted by Crippen LogP contribution is -2.53. The number of nitrogens with zero attached hydrogens (tertiary/aromatic N) is 4. The highest BCUT2D eigenvalue weighted by atomic mass is 35.5. The number of ether oxygens (including phenoxy) is 2. The van der Waals surface area contributed by atoms with Crippen molar-refractivity contribution in [2.24, 2.45) is 4.99 Å². The Hall–Kier alpha value is -4.26. The molecule has 0 aromatic heterocycles. The van der Waals surface area contributed by atoms with E-state index in [1.807, 2.05) is 24.3 Å². The predicted molar refractivity (Wildman–Crippen MR) is 187 cm³/mol. The number of benzene rings is 4. The van der Waals surface area contributed by atoms with Crippen LogP contribution in [0.3, 0.4) is 0 Å². The van der Waals surface area contributed by atoms with Crippen LogP contribution in [0.25, 0.3) is 0 Å². The van der Waals surface area contributed by atoms with Crippen LogP contribution in [0.4, 0.5) is 20.2 Å². The van der Waals surface area contributed by atoms with Gasteiger partial charge >= 0.3 is 5.69 Å². The maximum atomic E-state index is 14.4. The van der Waals surface area contributed by atoms with E-state index in [2.05, 4.69) is 15.1 Å². The summed E-state index contributed by atoms with van der Waals surface area (Å²) in [5, 5.41) is 15.5. The Morgan fingerprint density at radius 2 is 1.75 bits per heavy atom. The van der Waals surface area contributed by atoms with Gasteiger partial charge in [0.2, 0.25) is 0 Å². The zero-order valence-electron chi connectivity index (χ0n) is 26.0. The van der Waals surface area contributed by atoms with Gasteiger partial charge in [0, 0.05) is 77.8 Å². The molecule has 252 valence electrons. The average Bonchev–Trinajstić information content (AvgIpc) is 3.08. The zero-order valence-corrected chi connectivity index (χ0v) is 28.3. The summed E-state index contributed by atoms with van der Waals surface area (Å²) in [5.74, 6) is 1.30. The number of halogens is 4. The minimum Gasteiger partial charge on any atom is -0.487 e. The Morgan fingerprint density at radius 3 is 2.46 bits per heavy atom. The highest BCUT2D eigenvalue weighted by Gasteiger charge is 2.23. The number of nitrogens with one attached hydrogen (secondary N) is 1. The molecule has 0 amide bonds. The van der Waals surface area contributed by atoms with E-state index in [1.165, 1.54) is 42.5 Å². The van der Waals surface area contributed by atoms with Gasteiger partial charge in [0.1, 0.15) is 23.1 Å². The Labute approximate surface area is 291 Å². The van der Waals surface area contributed by atoms with E-state index in [4.69, 9.17) is 37.7 Å². The lowest BCUT2D eigenvalue weighted by atomic mass is 10.2. The molecule has 9 nitrogen and oxygen atoms in total. The summed E-state index contributed by atoms with van der Waals surface area (Å²) >= 11 is 13.6. The minimum atomic E-state index is -0.568. The summed E-state index contributed by atoms with van der Waals surface area (Å²) in [6, 6.07) is 20.7. The summed E-state index contributed by atoms with van der Waals surface area (Å²) in [6.07, 6.45) is 0. The number of hydrogen-bond acceptors (Lipinski definition) is 7. The smallest absolute Gasteiger partial charge is 0.311 e. The summed E-state index contributed by atoms with van der Waals surface area (Å²) in [5.41, 5.74) is 1.26. The van der Waals surface area contributed by atoms with Crippen LogP contribution in [-0.4, -0.2) is 60.9 Å². The molecule has 4 aromatic rings. The Morgan fingerprint density at radius 1 is 0.979 bits per heavy atom. The van der Waals surface area contributed by atoms with Crippen molar-refractivity contribution < 1.29 is 23.2 Å². The molecular weight excluding hydrogens is 683 g/mol. The second kappa shape index (κ2) is 16.7. The van der Waals surface area contributed by atoms with Gasteiger partial charge in [-0.3, -0.25) is 10.1 Å². The molecule has 1 aliphatic rings. The normalized spacial score (nSPS) is 13.4. The fourth-order valence-corrected chi connectivity index (χ4v) is 6.09. The maximum Gasteiger partial charge on any atom is 0.311 e. The van der Waals surface area contributed by atoms with Crippen molar-refractivity contribution >= 4 is 52.3 Å². The standard InChI is InChI=1S/C34H33Cl2F2N5O4S/c1-2-46-33-20-26(6-11-31(33)43(44)45)41-14-16-42(17-15-41)34(39-13-18-48-28-8-3-24(35)4-9-28)40-22-23-19-25(37)5-12-32(23)47-27-7-10-30(38)29(36)21-27/h3-12,19-21H,2,13-18,22H2,1H3,(H,39,40). The molecule has 0 bridgehead atoms. The van der Waals surface area contributed by atoms with E-state index >= 15 is 0 Å². The SMILES string of the molecule is CCOc1cc(N2CCN(C(=NCc3cc(F)ccc3Oc3ccc(F)c(Cl)c3)NCCSc3ccc(Cl)cc3)CC2)ccc1[N+](=O)[O-]. The molecule has 14 heteroatoms. The van der Waals surface area contributed by atoms with Gasteiger partial charge in [-0.1, -0.05) is 23.2 Å². The van der Waals surface area contributed by atoms with E-state index in [1.54, 1.807) is 30.8 Å². The Kier molecular flexibility index (Phi) is 12.2. The highest BCUT2D eigenvalue weighted by Crippen LogP contribution is 2.33. The number of nitro benzene ring substituents is 1. The summed E-state index contributed by atoms with van der Waals surface area (Å²) in [7, 11) is 0. The van der Waals surface area contributed by atoms with Crippen molar-refractivity contribution in [3.05, 3.63) is 116 Å². The first-order valence-corrected chi connectivity index (χ1v) is 16.9. The molecule has 1 N–H and O–H groups in total. The van der Waals surface area contributed by atoms with E-state index in [-0.39, 0.29) is 23.0 Å². The van der Waals surface area contributed by atoms with E-state index in [0.29, 0.717) is 67.4 Å². The fraction of sp³-hybridized carbons (Fsp3) is 0.265.